The number of aldehydes is 1. The lowest BCUT2D eigenvalue weighted by Crippen LogP contribution is -1.74. The van der Waals surface area contributed by atoms with E-state index >= 15 is 0 Å². The summed E-state index contributed by atoms with van der Waals surface area (Å²) < 4.78 is 1.99. The Morgan fingerprint density at radius 1 is 1.17 bits per heavy atom. The zero-order chi connectivity index (χ0) is 8.97. The fourth-order valence-corrected chi connectivity index (χ4v) is 1.41. The first kappa shape index (κ1) is 9.68. The van der Waals surface area contributed by atoms with Gasteiger partial charge in [-0.1, -0.05) is 12.1 Å². The predicted molar refractivity (Wildman–Crippen MR) is 56.9 cm³/mol. The third-order valence-electron chi connectivity index (χ3n) is 1.31. The van der Waals surface area contributed by atoms with Gasteiger partial charge >= 0.3 is 0 Å². The SMILES string of the molecule is O=C/C=C/c1ccc(Br)c(Br)c1. The molecule has 0 N–H and O–H groups in total. The molecule has 3 heteroatoms. The average molecular weight is 290 g/mol. The second kappa shape index (κ2) is 4.58. The Hall–Kier alpha value is -0.410. The van der Waals surface area contributed by atoms with Gasteiger partial charge in [0.25, 0.3) is 0 Å². The van der Waals surface area contributed by atoms with Crippen molar-refractivity contribution in [2.45, 2.75) is 0 Å². The van der Waals surface area contributed by atoms with E-state index in [0.29, 0.717) is 0 Å². The van der Waals surface area contributed by atoms with Gasteiger partial charge < -0.3 is 0 Å². The lowest BCUT2D eigenvalue weighted by atomic mass is 10.2. The zero-order valence-electron chi connectivity index (χ0n) is 6.13. The predicted octanol–water partition coefficient (Wildman–Crippen LogP) is 3.42. The van der Waals surface area contributed by atoms with Crippen molar-refractivity contribution in [1.82, 2.24) is 0 Å². The molecule has 0 radical (unpaired) electrons. The van der Waals surface area contributed by atoms with Crippen molar-refractivity contribution in [3.8, 4) is 0 Å². The summed E-state index contributed by atoms with van der Waals surface area (Å²) in [6, 6.07) is 5.79. The molecule has 0 unspecified atom stereocenters. The van der Waals surface area contributed by atoms with Gasteiger partial charge in [-0.3, -0.25) is 4.79 Å². The number of rotatable bonds is 2. The standard InChI is InChI=1S/C9H6Br2O/c10-8-4-3-7(2-1-5-12)6-9(8)11/h1-6H/b2-1+. The summed E-state index contributed by atoms with van der Waals surface area (Å²) in [6.07, 6.45) is 3.98. The Labute approximate surface area is 87.7 Å². The highest BCUT2D eigenvalue weighted by Gasteiger charge is 1.94. The van der Waals surface area contributed by atoms with Crippen LogP contribution in [-0.2, 0) is 4.79 Å². The molecule has 62 valence electrons. The Bertz CT molecular complexity index is 318. The van der Waals surface area contributed by atoms with Crippen LogP contribution in [-0.4, -0.2) is 6.29 Å². The van der Waals surface area contributed by atoms with Gasteiger partial charge in [-0.15, -0.1) is 0 Å². The van der Waals surface area contributed by atoms with Crippen molar-refractivity contribution in [3.63, 3.8) is 0 Å². The lowest BCUT2D eigenvalue weighted by molar-refractivity contribution is -0.104. The van der Waals surface area contributed by atoms with Crippen LogP contribution in [0.4, 0.5) is 0 Å². The minimum Gasteiger partial charge on any atom is -0.299 e. The molecule has 0 aliphatic heterocycles. The van der Waals surface area contributed by atoms with Gasteiger partial charge in [0.2, 0.25) is 0 Å². The van der Waals surface area contributed by atoms with Gasteiger partial charge in [0.05, 0.1) is 0 Å². The highest BCUT2D eigenvalue weighted by atomic mass is 79.9. The number of halogens is 2. The maximum absolute atomic E-state index is 10.0. The molecule has 0 aromatic heterocycles. The molecular formula is C9H6Br2O. The Morgan fingerprint density at radius 2 is 1.92 bits per heavy atom. The summed E-state index contributed by atoms with van der Waals surface area (Å²) in [5.74, 6) is 0. The van der Waals surface area contributed by atoms with Crippen molar-refractivity contribution >= 4 is 44.2 Å². The average Bonchev–Trinajstić information content (AvgIpc) is 2.07. The first-order valence-corrected chi connectivity index (χ1v) is 4.89. The highest BCUT2D eigenvalue weighted by molar-refractivity contribution is 9.13. The maximum Gasteiger partial charge on any atom is 0.142 e. The summed E-state index contributed by atoms with van der Waals surface area (Å²) in [5.41, 5.74) is 0.997. The molecular weight excluding hydrogens is 284 g/mol. The molecule has 0 saturated carbocycles. The van der Waals surface area contributed by atoms with Gasteiger partial charge in [0.15, 0.2) is 0 Å². The third kappa shape index (κ3) is 2.57. The van der Waals surface area contributed by atoms with E-state index in [1.54, 1.807) is 6.08 Å². The largest absolute Gasteiger partial charge is 0.299 e. The molecule has 1 aromatic rings. The van der Waals surface area contributed by atoms with Crippen molar-refractivity contribution < 1.29 is 4.79 Å². The lowest BCUT2D eigenvalue weighted by Gasteiger charge is -1.96. The first-order valence-electron chi connectivity index (χ1n) is 3.31. The molecule has 0 aliphatic carbocycles. The van der Waals surface area contributed by atoms with Gasteiger partial charge in [-0.05, 0) is 55.6 Å². The normalized spacial score (nSPS) is 10.5. The molecule has 0 spiro atoms. The number of benzene rings is 1. The van der Waals surface area contributed by atoms with E-state index in [-0.39, 0.29) is 0 Å². The topological polar surface area (TPSA) is 17.1 Å². The quantitative estimate of drug-likeness (QED) is 0.602. The van der Waals surface area contributed by atoms with Crippen LogP contribution in [0, 0.1) is 0 Å². The summed E-state index contributed by atoms with van der Waals surface area (Å²) in [6.45, 7) is 0. The maximum atomic E-state index is 10.0. The van der Waals surface area contributed by atoms with Crippen LogP contribution >= 0.6 is 31.9 Å². The molecule has 0 fully saturated rings. The molecule has 1 rings (SSSR count). The second-order valence-corrected chi connectivity index (χ2v) is 3.88. The summed E-state index contributed by atoms with van der Waals surface area (Å²) in [7, 11) is 0. The van der Waals surface area contributed by atoms with Crippen LogP contribution in [0.3, 0.4) is 0 Å². The first-order chi connectivity index (χ1) is 5.74. The van der Waals surface area contributed by atoms with E-state index in [2.05, 4.69) is 31.9 Å². The third-order valence-corrected chi connectivity index (χ3v) is 3.19. The van der Waals surface area contributed by atoms with Crippen LogP contribution in [0.5, 0.6) is 0 Å². The van der Waals surface area contributed by atoms with Crippen LogP contribution in [0.1, 0.15) is 5.56 Å². The van der Waals surface area contributed by atoms with Crippen LogP contribution in [0.15, 0.2) is 33.2 Å². The van der Waals surface area contributed by atoms with E-state index < -0.39 is 0 Å². The molecule has 1 aromatic carbocycles. The summed E-state index contributed by atoms with van der Waals surface area (Å²) in [5, 5.41) is 0. The van der Waals surface area contributed by atoms with Crippen molar-refractivity contribution in [1.29, 1.82) is 0 Å². The molecule has 0 amide bonds. The van der Waals surface area contributed by atoms with Crippen LogP contribution in [0.2, 0.25) is 0 Å². The van der Waals surface area contributed by atoms with E-state index in [1.807, 2.05) is 18.2 Å². The molecule has 0 saturated heterocycles. The van der Waals surface area contributed by atoms with Gasteiger partial charge in [0, 0.05) is 8.95 Å². The number of hydrogen-bond acceptors (Lipinski definition) is 1. The fraction of sp³-hybridized carbons (Fsp3) is 0. The smallest absolute Gasteiger partial charge is 0.142 e. The van der Waals surface area contributed by atoms with E-state index in [9.17, 15) is 4.79 Å². The Kier molecular flexibility index (Phi) is 3.69. The van der Waals surface area contributed by atoms with Gasteiger partial charge in [-0.2, -0.15) is 0 Å². The Morgan fingerprint density at radius 3 is 2.50 bits per heavy atom. The van der Waals surface area contributed by atoms with E-state index in [4.69, 9.17) is 0 Å². The molecule has 0 heterocycles. The Balaban J connectivity index is 2.96. The van der Waals surface area contributed by atoms with Crippen molar-refractivity contribution in [2.24, 2.45) is 0 Å². The zero-order valence-corrected chi connectivity index (χ0v) is 9.30. The minimum absolute atomic E-state index is 0.760. The van der Waals surface area contributed by atoms with E-state index in [1.165, 1.54) is 6.08 Å². The van der Waals surface area contributed by atoms with Crippen molar-refractivity contribution in [3.05, 3.63) is 38.8 Å². The van der Waals surface area contributed by atoms with Crippen LogP contribution in [0.25, 0.3) is 6.08 Å². The second-order valence-electron chi connectivity index (χ2n) is 2.17. The molecule has 0 atom stereocenters. The number of carbonyl (C=O) groups is 1. The molecule has 1 nitrogen and oxygen atoms in total. The molecule has 0 aliphatic rings. The highest BCUT2D eigenvalue weighted by Crippen LogP contribution is 2.24. The number of carbonyl (C=O) groups excluding carboxylic acids is 1. The minimum atomic E-state index is 0.760. The van der Waals surface area contributed by atoms with Gasteiger partial charge in [0.1, 0.15) is 6.29 Å². The van der Waals surface area contributed by atoms with Crippen LogP contribution < -0.4 is 0 Å². The monoisotopic (exact) mass is 288 g/mol. The summed E-state index contributed by atoms with van der Waals surface area (Å²) in [4.78, 5) is 10.0. The van der Waals surface area contributed by atoms with Gasteiger partial charge in [-0.25, -0.2) is 0 Å². The number of allylic oxidation sites excluding steroid dienone is 1. The van der Waals surface area contributed by atoms with E-state index in [0.717, 1.165) is 20.8 Å². The fourth-order valence-electron chi connectivity index (χ4n) is 0.766. The van der Waals surface area contributed by atoms with Crippen molar-refractivity contribution in [2.75, 3.05) is 0 Å². The molecule has 12 heavy (non-hydrogen) atoms. The molecule has 0 bridgehead atoms. The summed E-state index contributed by atoms with van der Waals surface area (Å²) >= 11 is 6.73. The number of hydrogen-bond donors (Lipinski definition) is 0.